The Kier molecular flexibility index (Phi) is 4.96. The van der Waals surface area contributed by atoms with Crippen LogP contribution in [-0.4, -0.2) is 5.78 Å². The van der Waals surface area contributed by atoms with Gasteiger partial charge in [-0.1, -0.05) is 30.3 Å². The van der Waals surface area contributed by atoms with Crippen LogP contribution < -0.4 is 5.32 Å². The Labute approximate surface area is 102 Å². The van der Waals surface area contributed by atoms with Crippen LogP contribution in [0.3, 0.4) is 0 Å². The number of hydrogen-bond donors (Lipinski definition) is 1. The third-order valence-electron chi connectivity index (χ3n) is 2.53. The zero-order valence-corrected chi connectivity index (χ0v) is 10.2. The molecule has 0 bridgehead atoms. The lowest BCUT2D eigenvalue weighted by Crippen LogP contribution is -2.15. The van der Waals surface area contributed by atoms with Gasteiger partial charge in [-0.05, 0) is 19.4 Å². The molecule has 0 saturated carbocycles. The second-order valence-electron chi connectivity index (χ2n) is 3.83. The largest absolute Gasteiger partial charge is 0.384 e. The molecule has 1 aromatic rings. The second-order valence-corrected chi connectivity index (χ2v) is 3.83. The highest BCUT2D eigenvalue weighted by atomic mass is 16.1. The van der Waals surface area contributed by atoms with Crippen LogP contribution in [0.2, 0.25) is 0 Å². The van der Waals surface area contributed by atoms with Crippen LogP contribution in [0.4, 0.5) is 0 Å². The van der Waals surface area contributed by atoms with Gasteiger partial charge in [-0.3, -0.25) is 4.79 Å². The summed E-state index contributed by atoms with van der Waals surface area (Å²) in [6.45, 7) is 3.98. The van der Waals surface area contributed by atoms with Gasteiger partial charge >= 0.3 is 0 Å². The zero-order valence-electron chi connectivity index (χ0n) is 10.2. The topological polar surface area (TPSA) is 52.9 Å². The smallest absolute Gasteiger partial charge is 0.158 e. The SMILES string of the molecule is CC(=O)/C(CC#N)=C(/C)NCc1ccccc1. The quantitative estimate of drug-likeness (QED) is 0.788. The van der Waals surface area contributed by atoms with Gasteiger partial charge in [0.15, 0.2) is 5.78 Å². The maximum Gasteiger partial charge on any atom is 0.158 e. The van der Waals surface area contributed by atoms with Gasteiger partial charge in [-0.2, -0.15) is 5.26 Å². The highest BCUT2D eigenvalue weighted by molar-refractivity contribution is 5.94. The van der Waals surface area contributed by atoms with E-state index in [0.717, 1.165) is 11.3 Å². The van der Waals surface area contributed by atoms with Crippen LogP contribution >= 0.6 is 0 Å². The van der Waals surface area contributed by atoms with E-state index in [1.807, 2.05) is 43.3 Å². The molecule has 3 heteroatoms. The highest BCUT2D eigenvalue weighted by Crippen LogP contribution is 2.08. The lowest BCUT2D eigenvalue weighted by atomic mass is 10.1. The van der Waals surface area contributed by atoms with Crippen molar-refractivity contribution < 1.29 is 4.79 Å². The van der Waals surface area contributed by atoms with Crippen molar-refractivity contribution in [1.82, 2.24) is 5.32 Å². The normalized spacial score (nSPS) is 11.4. The van der Waals surface area contributed by atoms with Crippen LogP contribution in [0, 0.1) is 11.3 Å². The number of benzene rings is 1. The van der Waals surface area contributed by atoms with Crippen LogP contribution in [0.5, 0.6) is 0 Å². The van der Waals surface area contributed by atoms with Crippen LogP contribution in [0.1, 0.15) is 25.8 Å². The summed E-state index contributed by atoms with van der Waals surface area (Å²) >= 11 is 0. The van der Waals surface area contributed by atoms with Gasteiger partial charge in [-0.25, -0.2) is 0 Å². The standard InChI is InChI=1S/C14H16N2O/c1-11(14(8-9-15)12(2)17)16-10-13-6-4-3-5-7-13/h3-7,16H,8,10H2,1-2H3/b14-11-. The van der Waals surface area contributed by atoms with Crippen LogP contribution in [0.25, 0.3) is 0 Å². The first-order valence-corrected chi connectivity index (χ1v) is 5.50. The fraction of sp³-hybridized carbons (Fsp3) is 0.286. The number of nitriles is 1. The van der Waals surface area contributed by atoms with E-state index in [9.17, 15) is 4.79 Å². The molecule has 1 aromatic carbocycles. The van der Waals surface area contributed by atoms with E-state index >= 15 is 0 Å². The minimum Gasteiger partial charge on any atom is -0.384 e. The van der Waals surface area contributed by atoms with Crippen molar-refractivity contribution >= 4 is 5.78 Å². The minimum absolute atomic E-state index is 0.0513. The number of nitrogens with one attached hydrogen (secondary N) is 1. The Hall–Kier alpha value is -2.08. The van der Waals surface area contributed by atoms with Crippen molar-refractivity contribution in [2.75, 3.05) is 0 Å². The predicted octanol–water partition coefficient (Wildman–Crippen LogP) is 2.55. The molecule has 88 valence electrons. The molecule has 0 aromatic heterocycles. The predicted molar refractivity (Wildman–Crippen MR) is 66.9 cm³/mol. The van der Waals surface area contributed by atoms with E-state index in [-0.39, 0.29) is 12.2 Å². The fourth-order valence-electron chi connectivity index (χ4n) is 1.54. The summed E-state index contributed by atoms with van der Waals surface area (Å²) in [4.78, 5) is 11.3. The molecular formula is C14H16N2O. The molecule has 0 fully saturated rings. The second kappa shape index (κ2) is 6.49. The third kappa shape index (κ3) is 4.12. The Morgan fingerprint density at radius 3 is 2.47 bits per heavy atom. The zero-order chi connectivity index (χ0) is 12.7. The Morgan fingerprint density at radius 1 is 1.29 bits per heavy atom. The molecule has 0 atom stereocenters. The maximum absolute atomic E-state index is 11.3. The lowest BCUT2D eigenvalue weighted by molar-refractivity contribution is -0.113. The van der Waals surface area contributed by atoms with Gasteiger partial charge in [0.05, 0.1) is 12.5 Å². The number of nitrogens with zero attached hydrogens (tertiary/aromatic N) is 1. The Bertz CT molecular complexity index is 455. The molecule has 0 aliphatic heterocycles. The average Bonchev–Trinajstić information content (AvgIpc) is 2.34. The molecule has 17 heavy (non-hydrogen) atoms. The van der Waals surface area contributed by atoms with E-state index in [4.69, 9.17) is 5.26 Å². The van der Waals surface area contributed by atoms with E-state index < -0.39 is 0 Å². The van der Waals surface area contributed by atoms with E-state index in [1.54, 1.807) is 0 Å². The molecule has 0 amide bonds. The molecule has 0 heterocycles. The van der Waals surface area contributed by atoms with Crippen LogP contribution in [0.15, 0.2) is 41.6 Å². The van der Waals surface area contributed by atoms with Crippen molar-refractivity contribution in [1.29, 1.82) is 5.26 Å². The third-order valence-corrected chi connectivity index (χ3v) is 2.53. The summed E-state index contributed by atoms with van der Waals surface area (Å²) in [6.07, 6.45) is 0.156. The molecule has 0 aliphatic rings. The maximum atomic E-state index is 11.3. The van der Waals surface area contributed by atoms with Gasteiger partial charge in [0.2, 0.25) is 0 Å². The molecule has 0 saturated heterocycles. The van der Waals surface area contributed by atoms with Crippen LogP contribution in [-0.2, 0) is 11.3 Å². The minimum atomic E-state index is -0.0513. The van der Waals surface area contributed by atoms with Crippen molar-refractivity contribution in [3.05, 3.63) is 47.2 Å². The average molecular weight is 228 g/mol. The lowest BCUT2D eigenvalue weighted by Gasteiger charge is -2.10. The van der Waals surface area contributed by atoms with Crippen molar-refractivity contribution in [2.24, 2.45) is 0 Å². The molecular weight excluding hydrogens is 212 g/mol. The number of ketones is 1. The van der Waals surface area contributed by atoms with Gasteiger partial charge in [0.25, 0.3) is 0 Å². The van der Waals surface area contributed by atoms with E-state index in [2.05, 4.69) is 5.32 Å². The van der Waals surface area contributed by atoms with Gasteiger partial charge in [-0.15, -0.1) is 0 Å². The summed E-state index contributed by atoms with van der Waals surface area (Å²) < 4.78 is 0. The Morgan fingerprint density at radius 2 is 1.94 bits per heavy atom. The molecule has 0 aliphatic carbocycles. The molecule has 1 N–H and O–H groups in total. The molecule has 0 spiro atoms. The number of carbonyl (C=O) groups is 1. The number of allylic oxidation sites excluding steroid dienone is 2. The molecule has 0 unspecified atom stereocenters. The number of carbonyl (C=O) groups excluding carboxylic acids is 1. The summed E-state index contributed by atoms with van der Waals surface area (Å²) in [5.41, 5.74) is 2.48. The molecule has 3 nitrogen and oxygen atoms in total. The summed E-state index contributed by atoms with van der Waals surface area (Å²) in [6, 6.07) is 11.9. The van der Waals surface area contributed by atoms with Gasteiger partial charge in [0.1, 0.15) is 0 Å². The molecule has 1 rings (SSSR count). The number of rotatable bonds is 5. The Balaban J connectivity index is 2.70. The van der Waals surface area contributed by atoms with E-state index in [0.29, 0.717) is 12.1 Å². The highest BCUT2D eigenvalue weighted by Gasteiger charge is 2.07. The fourth-order valence-corrected chi connectivity index (χ4v) is 1.54. The van der Waals surface area contributed by atoms with Crippen molar-refractivity contribution in [3.63, 3.8) is 0 Å². The first-order chi connectivity index (χ1) is 8.15. The summed E-state index contributed by atoms with van der Waals surface area (Å²) in [5.74, 6) is -0.0513. The molecule has 0 radical (unpaired) electrons. The van der Waals surface area contributed by atoms with Crippen molar-refractivity contribution in [3.8, 4) is 6.07 Å². The van der Waals surface area contributed by atoms with Gasteiger partial charge in [0, 0.05) is 17.8 Å². The first-order valence-electron chi connectivity index (χ1n) is 5.50. The number of hydrogen-bond acceptors (Lipinski definition) is 3. The monoisotopic (exact) mass is 228 g/mol. The number of Topliss-reactive ketones (excluding diaryl/α,β-unsaturated/α-hetero) is 1. The van der Waals surface area contributed by atoms with Crippen molar-refractivity contribution in [2.45, 2.75) is 26.8 Å². The van der Waals surface area contributed by atoms with Gasteiger partial charge < -0.3 is 5.32 Å². The first kappa shape index (κ1) is 13.0. The summed E-state index contributed by atoms with van der Waals surface area (Å²) in [7, 11) is 0. The summed E-state index contributed by atoms with van der Waals surface area (Å²) in [5, 5.41) is 11.8. The van der Waals surface area contributed by atoms with E-state index in [1.165, 1.54) is 6.92 Å².